The molecule has 0 aliphatic carbocycles. The molecule has 3 aromatic rings. The number of nitrogens with two attached hydrogens (primary N) is 1. The minimum atomic E-state index is -0.107. The second kappa shape index (κ2) is 8.46. The van der Waals surface area contributed by atoms with Crippen LogP contribution in [0.5, 0.6) is 0 Å². The molecule has 0 saturated heterocycles. The van der Waals surface area contributed by atoms with Crippen LogP contribution in [0.25, 0.3) is 10.8 Å². The number of ether oxygens (including phenoxy) is 1. The SMILES string of the molecule is CC(=O)Nc1ccc(SN2CC(c3c(Cl)cc4c5c(cccc35)COC4)=NC(N)=N2)cc1. The molecule has 0 aromatic heterocycles. The van der Waals surface area contributed by atoms with Crippen molar-refractivity contribution in [3.8, 4) is 0 Å². The molecule has 32 heavy (non-hydrogen) atoms. The Labute approximate surface area is 194 Å². The highest BCUT2D eigenvalue weighted by molar-refractivity contribution is 7.97. The first-order valence-corrected chi connectivity index (χ1v) is 11.2. The summed E-state index contributed by atoms with van der Waals surface area (Å²) in [6.07, 6.45) is 0. The lowest BCUT2D eigenvalue weighted by atomic mass is 9.92. The van der Waals surface area contributed by atoms with E-state index in [-0.39, 0.29) is 11.9 Å². The average molecular weight is 466 g/mol. The number of benzene rings is 3. The van der Waals surface area contributed by atoms with Gasteiger partial charge in [-0.3, -0.25) is 4.79 Å². The summed E-state index contributed by atoms with van der Waals surface area (Å²) >= 11 is 8.17. The molecule has 0 spiro atoms. The van der Waals surface area contributed by atoms with E-state index >= 15 is 0 Å². The lowest BCUT2D eigenvalue weighted by Gasteiger charge is -2.25. The third-order valence-electron chi connectivity index (χ3n) is 5.22. The normalized spacial score (nSPS) is 15.4. The highest BCUT2D eigenvalue weighted by Crippen LogP contribution is 2.36. The number of nitrogens with one attached hydrogen (secondary N) is 1. The molecule has 3 N–H and O–H groups in total. The molecule has 2 aliphatic heterocycles. The van der Waals surface area contributed by atoms with Gasteiger partial charge in [0.05, 0.1) is 30.5 Å². The summed E-state index contributed by atoms with van der Waals surface area (Å²) in [5, 5.41) is 9.97. The number of nitrogens with zero attached hydrogens (tertiary/aromatic N) is 3. The number of carbonyl (C=O) groups excluding carboxylic acids is 1. The lowest BCUT2D eigenvalue weighted by molar-refractivity contribution is -0.114. The second-order valence-electron chi connectivity index (χ2n) is 7.55. The van der Waals surface area contributed by atoms with E-state index in [1.165, 1.54) is 24.3 Å². The van der Waals surface area contributed by atoms with Crippen LogP contribution in [-0.4, -0.2) is 28.5 Å². The summed E-state index contributed by atoms with van der Waals surface area (Å²) < 4.78 is 7.49. The molecule has 0 unspecified atom stereocenters. The van der Waals surface area contributed by atoms with Crippen molar-refractivity contribution in [1.82, 2.24) is 4.41 Å². The standard InChI is InChI=1S/C23H20ClN5O2S/c1-13(30)26-16-5-7-17(8-6-16)32-29-10-20(27-23(25)28-29)22-18-4-2-3-14-11-31-12-15(21(14)18)9-19(22)24/h2-9H,10-12H2,1H3,(H2,25,28)(H,26,30). The summed E-state index contributed by atoms with van der Waals surface area (Å²) in [5.41, 5.74) is 10.7. The Morgan fingerprint density at radius 1 is 1.19 bits per heavy atom. The van der Waals surface area contributed by atoms with Gasteiger partial charge in [0.25, 0.3) is 0 Å². The van der Waals surface area contributed by atoms with Crippen molar-refractivity contribution in [2.24, 2.45) is 15.8 Å². The molecule has 0 fully saturated rings. The molecule has 1 amide bonds. The Hall–Kier alpha value is -3.07. The number of halogens is 1. The van der Waals surface area contributed by atoms with Crippen LogP contribution < -0.4 is 11.1 Å². The van der Waals surface area contributed by atoms with Crippen LogP contribution in [0.4, 0.5) is 5.69 Å². The van der Waals surface area contributed by atoms with Crippen molar-refractivity contribution in [3.05, 3.63) is 70.2 Å². The molecular weight excluding hydrogens is 446 g/mol. The van der Waals surface area contributed by atoms with Gasteiger partial charge in [-0.25, -0.2) is 9.41 Å². The minimum absolute atomic E-state index is 0.107. The number of hydrogen-bond donors (Lipinski definition) is 2. The topological polar surface area (TPSA) is 92.3 Å². The number of anilines is 1. The summed E-state index contributed by atoms with van der Waals surface area (Å²) in [6, 6.07) is 15.7. The van der Waals surface area contributed by atoms with E-state index in [0.29, 0.717) is 24.8 Å². The molecule has 0 atom stereocenters. The summed E-state index contributed by atoms with van der Waals surface area (Å²) in [7, 11) is 0. The van der Waals surface area contributed by atoms with Gasteiger partial charge in [-0.05, 0) is 52.2 Å². The van der Waals surface area contributed by atoms with Gasteiger partial charge in [0, 0.05) is 35.0 Å². The van der Waals surface area contributed by atoms with Crippen LogP contribution in [0.1, 0.15) is 23.6 Å². The highest BCUT2D eigenvalue weighted by atomic mass is 35.5. The lowest BCUT2D eigenvalue weighted by Crippen LogP contribution is -2.30. The van der Waals surface area contributed by atoms with Crippen molar-refractivity contribution in [1.29, 1.82) is 0 Å². The number of guanidine groups is 1. The van der Waals surface area contributed by atoms with Gasteiger partial charge in [-0.2, -0.15) is 0 Å². The predicted molar refractivity (Wildman–Crippen MR) is 129 cm³/mol. The minimum Gasteiger partial charge on any atom is -0.372 e. The van der Waals surface area contributed by atoms with E-state index in [0.717, 1.165) is 38.4 Å². The smallest absolute Gasteiger partial charge is 0.238 e. The molecule has 5 rings (SSSR count). The molecule has 162 valence electrons. The Bertz CT molecular complexity index is 1290. The maximum Gasteiger partial charge on any atom is 0.238 e. The van der Waals surface area contributed by atoms with Crippen LogP contribution in [0.3, 0.4) is 0 Å². The Morgan fingerprint density at radius 2 is 1.97 bits per heavy atom. The molecule has 2 aliphatic rings. The first-order valence-electron chi connectivity index (χ1n) is 10.0. The summed E-state index contributed by atoms with van der Waals surface area (Å²) in [6.45, 7) is 3.04. The number of hydrogen-bond acceptors (Lipinski definition) is 7. The van der Waals surface area contributed by atoms with Crippen molar-refractivity contribution in [2.45, 2.75) is 25.0 Å². The Kier molecular flexibility index (Phi) is 5.50. The quantitative estimate of drug-likeness (QED) is 0.552. The zero-order chi connectivity index (χ0) is 22.2. The van der Waals surface area contributed by atoms with Crippen molar-refractivity contribution < 1.29 is 9.53 Å². The van der Waals surface area contributed by atoms with Crippen LogP contribution in [0, 0.1) is 0 Å². The van der Waals surface area contributed by atoms with Crippen molar-refractivity contribution in [3.63, 3.8) is 0 Å². The number of amides is 1. The maximum atomic E-state index is 11.2. The van der Waals surface area contributed by atoms with Gasteiger partial charge in [-0.1, -0.05) is 29.8 Å². The fraction of sp³-hybridized carbons (Fsp3) is 0.174. The largest absolute Gasteiger partial charge is 0.372 e. The second-order valence-corrected chi connectivity index (χ2v) is 9.03. The zero-order valence-corrected chi connectivity index (χ0v) is 18.8. The van der Waals surface area contributed by atoms with Crippen LogP contribution >= 0.6 is 23.5 Å². The summed E-state index contributed by atoms with van der Waals surface area (Å²) in [5.74, 6) is 0.0673. The van der Waals surface area contributed by atoms with Crippen LogP contribution in [-0.2, 0) is 22.7 Å². The van der Waals surface area contributed by atoms with Crippen LogP contribution in [0.15, 0.2) is 63.5 Å². The number of aliphatic imine (C=N–C) groups is 1. The molecule has 2 heterocycles. The molecular formula is C23H20ClN5O2S. The molecule has 3 aromatic carbocycles. The molecule has 0 bridgehead atoms. The monoisotopic (exact) mass is 465 g/mol. The third kappa shape index (κ3) is 4.04. The number of rotatable bonds is 4. The van der Waals surface area contributed by atoms with E-state index in [2.05, 4.69) is 27.5 Å². The van der Waals surface area contributed by atoms with Crippen molar-refractivity contribution in [2.75, 3.05) is 11.9 Å². The predicted octanol–water partition coefficient (Wildman–Crippen LogP) is 4.52. The van der Waals surface area contributed by atoms with Gasteiger partial charge in [-0.15, -0.1) is 5.10 Å². The van der Waals surface area contributed by atoms with Crippen LogP contribution in [0.2, 0.25) is 5.02 Å². The number of hydrazone groups is 1. The zero-order valence-electron chi connectivity index (χ0n) is 17.3. The first-order chi connectivity index (χ1) is 15.5. The van der Waals surface area contributed by atoms with Gasteiger partial charge >= 0.3 is 0 Å². The van der Waals surface area contributed by atoms with Gasteiger partial charge in [0.2, 0.25) is 11.9 Å². The average Bonchev–Trinajstić information content (AvgIpc) is 2.75. The Balaban J connectivity index is 1.45. The van der Waals surface area contributed by atoms with E-state index in [9.17, 15) is 4.79 Å². The Morgan fingerprint density at radius 3 is 2.75 bits per heavy atom. The highest BCUT2D eigenvalue weighted by Gasteiger charge is 2.24. The fourth-order valence-corrected chi connectivity index (χ4v) is 5.15. The molecule has 0 radical (unpaired) electrons. The molecule has 7 nitrogen and oxygen atoms in total. The van der Waals surface area contributed by atoms with E-state index in [4.69, 9.17) is 22.1 Å². The number of carbonyl (C=O) groups is 1. The third-order valence-corrected chi connectivity index (χ3v) is 6.42. The van der Waals surface area contributed by atoms with Gasteiger partial charge in [0.1, 0.15) is 0 Å². The molecule has 9 heteroatoms. The van der Waals surface area contributed by atoms with Crippen molar-refractivity contribution >= 4 is 57.6 Å². The van der Waals surface area contributed by atoms with Gasteiger partial charge in [0.15, 0.2) is 0 Å². The first kappa shape index (κ1) is 20.8. The van der Waals surface area contributed by atoms with E-state index in [1.54, 1.807) is 4.41 Å². The van der Waals surface area contributed by atoms with E-state index in [1.807, 2.05) is 36.4 Å². The molecule has 0 saturated carbocycles. The van der Waals surface area contributed by atoms with E-state index < -0.39 is 0 Å². The maximum absolute atomic E-state index is 11.2. The van der Waals surface area contributed by atoms with Gasteiger partial charge < -0.3 is 15.8 Å². The summed E-state index contributed by atoms with van der Waals surface area (Å²) in [4.78, 5) is 16.7. The fourth-order valence-electron chi connectivity index (χ4n) is 4.00.